The first-order chi connectivity index (χ1) is 10.6. The number of rotatable bonds is 6. The van der Waals surface area contributed by atoms with Crippen LogP contribution in [0.4, 0.5) is 0 Å². The molecule has 0 aliphatic carbocycles. The molecule has 2 aromatic rings. The van der Waals surface area contributed by atoms with Crippen LogP contribution in [0, 0.1) is 0 Å². The van der Waals surface area contributed by atoms with Crippen LogP contribution in [-0.4, -0.2) is 24.9 Å². The molecule has 2 aromatic carbocycles. The number of benzene rings is 2. The Morgan fingerprint density at radius 2 is 1.64 bits per heavy atom. The van der Waals surface area contributed by atoms with E-state index >= 15 is 0 Å². The summed E-state index contributed by atoms with van der Waals surface area (Å²) in [5.74, 6) is -0.0822. The maximum absolute atomic E-state index is 11.8. The number of nitrogens with one attached hydrogen (secondary N) is 1. The predicted octanol–water partition coefficient (Wildman–Crippen LogP) is 3.08. The number of hydrogen-bond donors (Lipinski definition) is 1. The van der Waals surface area contributed by atoms with Gasteiger partial charge in [0.25, 0.3) is 0 Å². The lowest BCUT2D eigenvalue weighted by Crippen LogP contribution is -2.20. The smallest absolute Gasteiger partial charge is 0.244 e. The minimum Gasteiger partial charge on any atom is -0.348 e. The Morgan fingerprint density at radius 1 is 1.00 bits per heavy atom. The molecule has 1 N–H and O–H groups in total. The fourth-order valence-corrected chi connectivity index (χ4v) is 2.11. The van der Waals surface area contributed by atoms with E-state index < -0.39 is 0 Å². The second kappa shape index (κ2) is 8.15. The van der Waals surface area contributed by atoms with E-state index in [9.17, 15) is 4.79 Å². The van der Waals surface area contributed by atoms with Gasteiger partial charge in [-0.1, -0.05) is 54.6 Å². The van der Waals surface area contributed by atoms with Crippen LogP contribution in [0.1, 0.15) is 16.7 Å². The minimum atomic E-state index is -0.0822. The van der Waals surface area contributed by atoms with Crippen LogP contribution < -0.4 is 5.32 Å². The van der Waals surface area contributed by atoms with E-state index in [1.54, 1.807) is 6.08 Å². The fourth-order valence-electron chi connectivity index (χ4n) is 2.11. The van der Waals surface area contributed by atoms with Gasteiger partial charge in [0.15, 0.2) is 0 Å². The molecule has 3 nitrogen and oxygen atoms in total. The highest BCUT2D eigenvalue weighted by Crippen LogP contribution is 2.06. The molecule has 2 rings (SSSR count). The number of amides is 1. The summed E-state index contributed by atoms with van der Waals surface area (Å²) >= 11 is 0. The van der Waals surface area contributed by atoms with Crippen molar-refractivity contribution in [1.29, 1.82) is 0 Å². The Kier molecular flexibility index (Phi) is 5.92. The number of nitrogens with zero attached hydrogens (tertiary/aromatic N) is 1. The van der Waals surface area contributed by atoms with Gasteiger partial charge in [0, 0.05) is 19.2 Å². The molecule has 22 heavy (non-hydrogen) atoms. The van der Waals surface area contributed by atoms with Gasteiger partial charge >= 0.3 is 0 Å². The predicted molar refractivity (Wildman–Crippen MR) is 91.2 cm³/mol. The Balaban J connectivity index is 1.82. The lowest BCUT2D eigenvalue weighted by Gasteiger charge is -2.10. The van der Waals surface area contributed by atoms with Crippen LogP contribution in [0.15, 0.2) is 60.7 Å². The summed E-state index contributed by atoms with van der Waals surface area (Å²) in [6.07, 6.45) is 3.38. The first-order valence-electron chi connectivity index (χ1n) is 7.37. The first-order valence-corrected chi connectivity index (χ1v) is 7.37. The van der Waals surface area contributed by atoms with E-state index in [0.717, 1.165) is 17.7 Å². The van der Waals surface area contributed by atoms with Crippen molar-refractivity contribution in [2.24, 2.45) is 0 Å². The zero-order chi connectivity index (χ0) is 15.8. The standard InChI is InChI=1S/C19H22N2O/c1-21(2)15-18-10-8-17(9-11-18)14-20-19(22)13-12-16-6-4-3-5-7-16/h3-13H,14-15H2,1-2H3,(H,20,22)/b13-12+. The lowest BCUT2D eigenvalue weighted by molar-refractivity contribution is -0.116. The Hall–Kier alpha value is -2.39. The summed E-state index contributed by atoms with van der Waals surface area (Å²) in [4.78, 5) is 13.9. The van der Waals surface area contributed by atoms with E-state index in [2.05, 4.69) is 34.5 Å². The van der Waals surface area contributed by atoms with Crippen molar-refractivity contribution in [3.05, 3.63) is 77.4 Å². The molecule has 0 heterocycles. The van der Waals surface area contributed by atoms with E-state index in [1.165, 1.54) is 5.56 Å². The van der Waals surface area contributed by atoms with Gasteiger partial charge in [0.05, 0.1) is 0 Å². The van der Waals surface area contributed by atoms with Crippen LogP contribution in [0.2, 0.25) is 0 Å². The molecule has 0 unspecified atom stereocenters. The van der Waals surface area contributed by atoms with Crippen molar-refractivity contribution in [2.75, 3.05) is 14.1 Å². The Bertz CT molecular complexity index is 616. The van der Waals surface area contributed by atoms with Gasteiger partial charge in [0.2, 0.25) is 5.91 Å². The van der Waals surface area contributed by atoms with Crippen molar-refractivity contribution >= 4 is 12.0 Å². The van der Waals surface area contributed by atoms with Crippen molar-refractivity contribution < 1.29 is 4.79 Å². The normalized spacial score (nSPS) is 11.0. The van der Waals surface area contributed by atoms with Crippen molar-refractivity contribution in [2.45, 2.75) is 13.1 Å². The van der Waals surface area contributed by atoms with E-state index in [1.807, 2.05) is 50.5 Å². The van der Waals surface area contributed by atoms with Crippen LogP contribution in [0.3, 0.4) is 0 Å². The van der Waals surface area contributed by atoms with Crippen molar-refractivity contribution in [1.82, 2.24) is 10.2 Å². The van der Waals surface area contributed by atoms with Gasteiger partial charge in [-0.3, -0.25) is 4.79 Å². The molecular formula is C19H22N2O. The monoisotopic (exact) mass is 294 g/mol. The molecule has 0 aliphatic rings. The summed E-state index contributed by atoms with van der Waals surface area (Å²) in [5.41, 5.74) is 3.39. The van der Waals surface area contributed by atoms with Gasteiger partial charge < -0.3 is 10.2 Å². The third-order valence-corrected chi connectivity index (χ3v) is 3.22. The number of hydrogen-bond acceptors (Lipinski definition) is 2. The molecule has 0 aliphatic heterocycles. The van der Waals surface area contributed by atoms with Crippen LogP contribution in [0.5, 0.6) is 0 Å². The quantitative estimate of drug-likeness (QED) is 0.830. The van der Waals surface area contributed by atoms with Gasteiger partial charge in [-0.2, -0.15) is 0 Å². The molecule has 1 amide bonds. The average molecular weight is 294 g/mol. The summed E-state index contributed by atoms with van der Waals surface area (Å²) in [7, 11) is 4.10. The summed E-state index contributed by atoms with van der Waals surface area (Å²) < 4.78 is 0. The van der Waals surface area contributed by atoms with Gasteiger partial charge in [-0.05, 0) is 36.9 Å². The average Bonchev–Trinajstić information content (AvgIpc) is 2.53. The largest absolute Gasteiger partial charge is 0.348 e. The van der Waals surface area contributed by atoms with E-state index in [-0.39, 0.29) is 5.91 Å². The van der Waals surface area contributed by atoms with Crippen molar-refractivity contribution in [3.8, 4) is 0 Å². The maximum atomic E-state index is 11.8. The Labute approximate surface area is 132 Å². The van der Waals surface area contributed by atoms with Crippen molar-refractivity contribution in [3.63, 3.8) is 0 Å². The molecule has 0 atom stereocenters. The zero-order valence-corrected chi connectivity index (χ0v) is 13.1. The van der Waals surface area contributed by atoms with Gasteiger partial charge in [0.1, 0.15) is 0 Å². The maximum Gasteiger partial charge on any atom is 0.244 e. The second-order valence-electron chi connectivity index (χ2n) is 5.52. The molecule has 0 aromatic heterocycles. The lowest BCUT2D eigenvalue weighted by atomic mass is 10.1. The molecule has 0 bridgehead atoms. The molecule has 0 saturated heterocycles. The second-order valence-corrected chi connectivity index (χ2v) is 5.52. The highest BCUT2D eigenvalue weighted by atomic mass is 16.1. The fraction of sp³-hybridized carbons (Fsp3) is 0.211. The number of carbonyl (C=O) groups is 1. The molecule has 0 radical (unpaired) electrons. The van der Waals surface area contributed by atoms with E-state index in [0.29, 0.717) is 6.54 Å². The molecular weight excluding hydrogens is 272 g/mol. The minimum absolute atomic E-state index is 0.0822. The van der Waals surface area contributed by atoms with Crippen LogP contribution in [0.25, 0.3) is 6.08 Å². The molecule has 114 valence electrons. The molecule has 3 heteroatoms. The molecule has 0 spiro atoms. The van der Waals surface area contributed by atoms with Crippen LogP contribution in [-0.2, 0) is 17.9 Å². The third-order valence-electron chi connectivity index (χ3n) is 3.22. The summed E-state index contributed by atoms with van der Waals surface area (Å²) in [5, 5.41) is 2.89. The zero-order valence-electron chi connectivity index (χ0n) is 13.1. The van der Waals surface area contributed by atoms with Gasteiger partial charge in [-0.15, -0.1) is 0 Å². The van der Waals surface area contributed by atoms with Gasteiger partial charge in [-0.25, -0.2) is 0 Å². The Morgan fingerprint density at radius 3 is 2.27 bits per heavy atom. The summed E-state index contributed by atoms with van der Waals surface area (Å²) in [6.45, 7) is 1.46. The topological polar surface area (TPSA) is 32.3 Å². The SMILES string of the molecule is CN(C)Cc1ccc(CNC(=O)/C=C/c2ccccc2)cc1. The number of carbonyl (C=O) groups excluding carboxylic acids is 1. The van der Waals surface area contributed by atoms with Crippen LogP contribution >= 0.6 is 0 Å². The highest BCUT2D eigenvalue weighted by Gasteiger charge is 1.99. The van der Waals surface area contributed by atoms with E-state index in [4.69, 9.17) is 0 Å². The molecule has 0 fully saturated rings. The first kappa shape index (κ1) is 16.0. The molecule has 0 saturated carbocycles. The third kappa shape index (κ3) is 5.54. The highest BCUT2D eigenvalue weighted by molar-refractivity contribution is 5.91. The summed E-state index contributed by atoms with van der Waals surface area (Å²) in [6, 6.07) is 18.1.